The number of nitrogens with zero attached hydrogens (tertiary/aromatic N) is 1. The van der Waals surface area contributed by atoms with Gasteiger partial charge in [-0.1, -0.05) is 20.3 Å². The molecular weight excluding hydrogens is 150 g/mol. The van der Waals surface area contributed by atoms with E-state index < -0.39 is 0 Å². The number of aliphatic hydroxyl groups excluding tert-OH is 1. The van der Waals surface area contributed by atoms with E-state index in [0.717, 1.165) is 13.0 Å². The van der Waals surface area contributed by atoms with E-state index in [0.29, 0.717) is 0 Å². The molecule has 0 atom stereocenters. The molecule has 1 aliphatic rings. The minimum Gasteiger partial charge on any atom is -0.400 e. The highest BCUT2D eigenvalue weighted by Gasteiger charge is 2.10. The molecule has 1 heterocycles. The fraction of sp³-hybridized carbons (Fsp3) is 1.00. The van der Waals surface area contributed by atoms with Gasteiger partial charge in [0.25, 0.3) is 0 Å². The molecule has 1 fully saturated rings. The molecular formula is C10H23NO. The van der Waals surface area contributed by atoms with Crippen molar-refractivity contribution in [1.29, 1.82) is 0 Å². The third-order valence-corrected chi connectivity index (χ3v) is 2.07. The summed E-state index contributed by atoms with van der Waals surface area (Å²) in [5, 5.41) is 7.00. The molecule has 0 unspecified atom stereocenters. The summed E-state index contributed by atoms with van der Waals surface area (Å²) in [6.07, 6.45) is 4.30. The van der Waals surface area contributed by atoms with E-state index in [1.165, 1.54) is 38.9 Å². The number of hydrogen-bond donors (Lipinski definition) is 1. The Balaban J connectivity index is 0.000000561. The van der Waals surface area contributed by atoms with Crippen LogP contribution in [0.2, 0.25) is 0 Å². The van der Waals surface area contributed by atoms with E-state index >= 15 is 0 Å². The monoisotopic (exact) mass is 173 g/mol. The van der Waals surface area contributed by atoms with Gasteiger partial charge in [-0.3, -0.25) is 0 Å². The first-order chi connectivity index (χ1) is 5.79. The van der Waals surface area contributed by atoms with Crippen LogP contribution in [0.4, 0.5) is 0 Å². The SMILES string of the molecule is CC(C)CN1CCCCC1.CO. The summed E-state index contributed by atoms with van der Waals surface area (Å²) in [5.74, 6) is 0.845. The molecule has 0 aromatic carbocycles. The van der Waals surface area contributed by atoms with Gasteiger partial charge in [0.2, 0.25) is 0 Å². The lowest BCUT2D eigenvalue weighted by molar-refractivity contribution is 0.206. The van der Waals surface area contributed by atoms with Crippen molar-refractivity contribution in [2.45, 2.75) is 33.1 Å². The van der Waals surface area contributed by atoms with Gasteiger partial charge >= 0.3 is 0 Å². The van der Waals surface area contributed by atoms with Gasteiger partial charge in [-0.2, -0.15) is 0 Å². The Labute approximate surface area is 76.6 Å². The summed E-state index contributed by atoms with van der Waals surface area (Å²) in [4.78, 5) is 2.59. The molecule has 12 heavy (non-hydrogen) atoms. The van der Waals surface area contributed by atoms with Crippen LogP contribution in [0.5, 0.6) is 0 Å². The van der Waals surface area contributed by atoms with Gasteiger partial charge in [0, 0.05) is 13.7 Å². The van der Waals surface area contributed by atoms with Gasteiger partial charge in [-0.05, 0) is 31.8 Å². The summed E-state index contributed by atoms with van der Waals surface area (Å²) in [5.41, 5.74) is 0. The van der Waals surface area contributed by atoms with Crippen molar-refractivity contribution in [3.05, 3.63) is 0 Å². The standard InChI is InChI=1S/C9H19N.CH4O/c1-9(2)8-10-6-4-3-5-7-10;1-2/h9H,3-8H2,1-2H3;2H,1H3. The van der Waals surface area contributed by atoms with Gasteiger partial charge in [0.05, 0.1) is 0 Å². The molecule has 1 rings (SSSR count). The smallest absolute Gasteiger partial charge is 0.0319 e. The Hall–Kier alpha value is -0.0800. The number of piperidine rings is 1. The van der Waals surface area contributed by atoms with E-state index in [1.807, 2.05) is 0 Å². The zero-order valence-electron chi connectivity index (χ0n) is 8.71. The Kier molecular flexibility index (Phi) is 7.51. The molecule has 0 aromatic rings. The molecule has 0 aliphatic carbocycles. The Morgan fingerprint density at radius 2 is 1.58 bits per heavy atom. The molecule has 1 aliphatic heterocycles. The second-order valence-corrected chi connectivity index (χ2v) is 3.76. The van der Waals surface area contributed by atoms with Gasteiger partial charge in [-0.15, -0.1) is 0 Å². The lowest BCUT2D eigenvalue weighted by Gasteiger charge is -2.27. The molecule has 0 saturated carbocycles. The fourth-order valence-electron chi connectivity index (χ4n) is 1.66. The molecule has 74 valence electrons. The first-order valence-corrected chi connectivity index (χ1v) is 4.96. The average molecular weight is 173 g/mol. The summed E-state index contributed by atoms with van der Waals surface area (Å²) in [7, 11) is 1.00. The van der Waals surface area contributed by atoms with Crippen LogP contribution in [0, 0.1) is 5.92 Å². The van der Waals surface area contributed by atoms with Crippen molar-refractivity contribution >= 4 is 0 Å². The van der Waals surface area contributed by atoms with E-state index in [4.69, 9.17) is 5.11 Å². The van der Waals surface area contributed by atoms with Crippen LogP contribution in [-0.2, 0) is 0 Å². The molecule has 1 N–H and O–H groups in total. The molecule has 0 aromatic heterocycles. The van der Waals surface area contributed by atoms with E-state index in [9.17, 15) is 0 Å². The van der Waals surface area contributed by atoms with Crippen LogP contribution in [-0.4, -0.2) is 36.8 Å². The van der Waals surface area contributed by atoms with E-state index in [1.54, 1.807) is 0 Å². The summed E-state index contributed by atoms with van der Waals surface area (Å²) >= 11 is 0. The Morgan fingerprint density at radius 1 is 1.08 bits per heavy atom. The number of rotatable bonds is 2. The second kappa shape index (κ2) is 7.56. The highest BCUT2D eigenvalue weighted by Crippen LogP contribution is 2.09. The number of hydrogen-bond acceptors (Lipinski definition) is 2. The summed E-state index contributed by atoms with van der Waals surface area (Å²) < 4.78 is 0. The molecule has 0 radical (unpaired) electrons. The molecule has 2 heteroatoms. The van der Waals surface area contributed by atoms with Gasteiger partial charge in [-0.25, -0.2) is 0 Å². The third kappa shape index (κ3) is 5.56. The quantitative estimate of drug-likeness (QED) is 0.687. The second-order valence-electron chi connectivity index (χ2n) is 3.76. The maximum atomic E-state index is 7.00. The minimum absolute atomic E-state index is 0.845. The van der Waals surface area contributed by atoms with Gasteiger partial charge < -0.3 is 10.0 Å². The first-order valence-electron chi connectivity index (χ1n) is 4.96. The van der Waals surface area contributed by atoms with Crippen molar-refractivity contribution in [3.63, 3.8) is 0 Å². The zero-order chi connectivity index (χ0) is 9.40. The van der Waals surface area contributed by atoms with Crippen LogP contribution in [0.3, 0.4) is 0 Å². The molecule has 0 amide bonds. The van der Waals surface area contributed by atoms with Crippen LogP contribution in [0.25, 0.3) is 0 Å². The predicted molar refractivity (Wildman–Crippen MR) is 53.3 cm³/mol. The van der Waals surface area contributed by atoms with Gasteiger partial charge in [0.1, 0.15) is 0 Å². The first kappa shape index (κ1) is 11.9. The Morgan fingerprint density at radius 3 is 2.00 bits per heavy atom. The number of likely N-dealkylation sites (tertiary alicyclic amines) is 1. The zero-order valence-corrected chi connectivity index (χ0v) is 8.71. The maximum Gasteiger partial charge on any atom is 0.0319 e. The molecule has 1 saturated heterocycles. The average Bonchev–Trinajstić information content (AvgIpc) is 2.08. The van der Waals surface area contributed by atoms with Crippen LogP contribution in [0.1, 0.15) is 33.1 Å². The van der Waals surface area contributed by atoms with Crippen LogP contribution < -0.4 is 0 Å². The molecule has 0 spiro atoms. The number of aliphatic hydroxyl groups is 1. The van der Waals surface area contributed by atoms with Crippen molar-refractivity contribution < 1.29 is 5.11 Å². The molecule has 2 nitrogen and oxygen atoms in total. The lowest BCUT2D eigenvalue weighted by Crippen LogP contribution is -2.32. The largest absolute Gasteiger partial charge is 0.400 e. The van der Waals surface area contributed by atoms with Crippen molar-refractivity contribution in [2.75, 3.05) is 26.7 Å². The van der Waals surface area contributed by atoms with E-state index in [-0.39, 0.29) is 0 Å². The van der Waals surface area contributed by atoms with Crippen molar-refractivity contribution in [3.8, 4) is 0 Å². The van der Waals surface area contributed by atoms with Gasteiger partial charge in [0.15, 0.2) is 0 Å². The summed E-state index contributed by atoms with van der Waals surface area (Å²) in [6, 6.07) is 0. The van der Waals surface area contributed by atoms with E-state index in [2.05, 4.69) is 18.7 Å². The molecule has 0 bridgehead atoms. The van der Waals surface area contributed by atoms with Crippen LogP contribution in [0.15, 0.2) is 0 Å². The van der Waals surface area contributed by atoms with Crippen molar-refractivity contribution in [1.82, 2.24) is 4.90 Å². The van der Waals surface area contributed by atoms with Crippen molar-refractivity contribution in [2.24, 2.45) is 5.92 Å². The lowest BCUT2D eigenvalue weighted by atomic mass is 10.1. The summed E-state index contributed by atoms with van der Waals surface area (Å²) in [6.45, 7) is 8.60. The minimum atomic E-state index is 0.845. The van der Waals surface area contributed by atoms with Crippen LogP contribution >= 0.6 is 0 Å². The highest BCUT2D eigenvalue weighted by atomic mass is 16.2. The fourth-order valence-corrected chi connectivity index (χ4v) is 1.66. The topological polar surface area (TPSA) is 23.5 Å². The maximum absolute atomic E-state index is 7.00. The third-order valence-electron chi connectivity index (χ3n) is 2.07. The normalized spacial score (nSPS) is 18.8. The Bertz CT molecular complexity index is 87.8. The predicted octanol–water partition coefficient (Wildman–Crippen LogP) is 1.74. The highest BCUT2D eigenvalue weighted by molar-refractivity contribution is 4.65.